The van der Waals surface area contributed by atoms with E-state index >= 15 is 0 Å². The van der Waals surface area contributed by atoms with Gasteiger partial charge in [-0.2, -0.15) is 0 Å². The molecule has 11 nitrogen and oxygen atoms in total. The van der Waals surface area contributed by atoms with Gasteiger partial charge in [-0.05, 0) is 31.0 Å². The molecule has 0 aromatic carbocycles. The SMILES string of the molecule is CCc1ccn2c(CC3CN(C(=O)OC)CCO3)c(-c3ncc(NS(=O)[O-])nc3C)nc2c1. The van der Waals surface area contributed by atoms with Gasteiger partial charge < -0.3 is 23.3 Å². The van der Waals surface area contributed by atoms with Gasteiger partial charge in [0.25, 0.3) is 0 Å². The molecule has 1 N–H and O–H groups in total. The molecule has 2 unspecified atom stereocenters. The van der Waals surface area contributed by atoms with Gasteiger partial charge in [-0.3, -0.25) is 8.93 Å². The largest absolute Gasteiger partial charge is 0.755 e. The third-order valence-corrected chi connectivity index (χ3v) is 5.93. The number of hydrogen-bond acceptors (Lipinski definition) is 8. The number of pyridine rings is 1. The first kappa shape index (κ1) is 23.1. The van der Waals surface area contributed by atoms with Crippen LogP contribution in [0.5, 0.6) is 0 Å². The lowest BCUT2D eigenvalue weighted by molar-refractivity contribution is -0.0241. The smallest absolute Gasteiger partial charge is 0.409 e. The first-order valence-electron chi connectivity index (χ1n) is 10.5. The molecule has 0 aliphatic carbocycles. The van der Waals surface area contributed by atoms with Crippen molar-refractivity contribution in [3.8, 4) is 11.4 Å². The lowest BCUT2D eigenvalue weighted by Crippen LogP contribution is -2.46. The van der Waals surface area contributed by atoms with Gasteiger partial charge in [0, 0.05) is 30.4 Å². The predicted molar refractivity (Wildman–Crippen MR) is 120 cm³/mol. The summed E-state index contributed by atoms with van der Waals surface area (Å²) in [5.41, 5.74) is 4.51. The highest BCUT2D eigenvalue weighted by molar-refractivity contribution is 7.80. The molecule has 0 spiro atoms. The van der Waals surface area contributed by atoms with Crippen LogP contribution in [-0.2, 0) is 33.6 Å². The van der Waals surface area contributed by atoms with Crippen molar-refractivity contribution in [2.24, 2.45) is 0 Å². The number of nitrogens with zero attached hydrogens (tertiary/aromatic N) is 5. The molecule has 3 aromatic rings. The summed E-state index contributed by atoms with van der Waals surface area (Å²) in [4.78, 5) is 27.2. The van der Waals surface area contributed by atoms with E-state index < -0.39 is 11.3 Å². The monoisotopic (exact) mass is 473 g/mol. The highest BCUT2D eigenvalue weighted by Gasteiger charge is 2.28. The number of imidazole rings is 1. The molecule has 1 aliphatic heterocycles. The Balaban J connectivity index is 1.74. The van der Waals surface area contributed by atoms with Gasteiger partial charge in [0.1, 0.15) is 17.0 Å². The molecular weight excluding hydrogens is 448 g/mol. The Morgan fingerprint density at radius 3 is 2.91 bits per heavy atom. The summed E-state index contributed by atoms with van der Waals surface area (Å²) < 4.78 is 36.9. The molecule has 1 fully saturated rings. The van der Waals surface area contributed by atoms with Gasteiger partial charge in [-0.25, -0.2) is 19.7 Å². The van der Waals surface area contributed by atoms with Crippen molar-refractivity contribution in [3.63, 3.8) is 0 Å². The second kappa shape index (κ2) is 9.81. The third kappa shape index (κ3) is 4.97. The summed E-state index contributed by atoms with van der Waals surface area (Å²) in [6.07, 6.45) is 4.06. The van der Waals surface area contributed by atoms with E-state index in [2.05, 4.69) is 21.6 Å². The first-order valence-corrected chi connectivity index (χ1v) is 11.6. The van der Waals surface area contributed by atoms with Gasteiger partial charge in [-0.1, -0.05) is 6.92 Å². The quantitative estimate of drug-likeness (QED) is 0.536. The number of fused-ring (bicyclic) bond motifs is 1. The molecule has 12 heteroatoms. The maximum Gasteiger partial charge on any atom is 0.409 e. The molecule has 0 bridgehead atoms. The third-order valence-electron chi connectivity index (χ3n) is 5.55. The minimum Gasteiger partial charge on any atom is -0.755 e. The van der Waals surface area contributed by atoms with E-state index in [0.29, 0.717) is 43.2 Å². The Kier molecular flexibility index (Phi) is 6.86. The fraction of sp³-hybridized carbons (Fsp3) is 0.429. The number of carbonyl (C=O) groups is 1. The number of aryl methyl sites for hydroxylation is 2. The van der Waals surface area contributed by atoms with E-state index in [-0.39, 0.29) is 18.0 Å². The molecule has 176 valence electrons. The standard InChI is InChI=1S/C21H26N6O5S/c1-4-14-5-6-27-16(10-15-12-26(7-8-32-15)21(28)31-3)20(24-18(27)9-14)19-13(2)23-17(11-22-19)25-33(29)30/h5-6,9,11,15H,4,7-8,10,12H2,1-3H3,(H,23,25)(H,29,30)/p-1. The average Bonchev–Trinajstić information content (AvgIpc) is 3.15. The van der Waals surface area contributed by atoms with E-state index in [1.165, 1.54) is 13.3 Å². The number of methoxy groups -OCH3 is 1. The predicted octanol–water partition coefficient (Wildman–Crippen LogP) is 1.88. The van der Waals surface area contributed by atoms with Crippen molar-refractivity contribution in [2.75, 3.05) is 31.5 Å². The Morgan fingerprint density at radius 1 is 1.39 bits per heavy atom. The number of nitrogens with one attached hydrogen (secondary N) is 1. The summed E-state index contributed by atoms with van der Waals surface area (Å²) in [6.45, 7) is 5.12. The molecule has 2 atom stereocenters. The maximum absolute atomic E-state index is 12.0. The number of morpholine rings is 1. The Morgan fingerprint density at radius 2 is 2.21 bits per heavy atom. The van der Waals surface area contributed by atoms with Gasteiger partial charge in [0.2, 0.25) is 0 Å². The number of rotatable bonds is 6. The minimum absolute atomic E-state index is 0.132. The van der Waals surface area contributed by atoms with Crippen molar-refractivity contribution < 1.29 is 23.0 Å². The highest BCUT2D eigenvalue weighted by atomic mass is 32.2. The second-order valence-corrected chi connectivity index (χ2v) is 8.34. The topological polar surface area (TPSA) is 134 Å². The van der Waals surface area contributed by atoms with Crippen LogP contribution in [0.1, 0.15) is 23.9 Å². The number of carbonyl (C=O) groups excluding carboxylic acids is 1. The van der Waals surface area contributed by atoms with Crippen molar-refractivity contribution in [1.29, 1.82) is 0 Å². The normalized spacial score (nSPS) is 17.2. The van der Waals surface area contributed by atoms with Crippen LogP contribution in [-0.4, -0.2) is 72.0 Å². The van der Waals surface area contributed by atoms with Gasteiger partial charge >= 0.3 is 6.09 Å². The van der Waals surface area contributed by atoms with Crippen molar-refractivity contribution in [2.45, 2.75) is 32.8 Å². The van der Waals surface area contributed by atoms with Crippen LogP contribution in [0.2, 0.25) is 0 Å². The lowest BCUT2D eigenvalue weighted by Gasteiger charge is -2.32. The van der Waals surface area contributed by atoms with Crippen molar-refractivity contribution in [1.82, 2.24) is 24.3 Å². The van der Waals surface area contributed by atoms with Crippen molar-refractivity contribution >= 4 is 28.8 Å². The number of aromatic nitrogens is 4. The van der Waals surface area contributed by atoms with E-state index in [4.69, 9.17) is 14.5 Å². The van der Waals surface area contributed by atoms with E-state index in [9.17, 15) is 13.6 Å². The molecule has 0 radical (unpaired) electrons. The van der Waals surface area contributed by atoms with E-state index in [1.54, 1.807) is 11.8 Å². The average molecular weight is 474 g/mol. The maximum atomic E-state index is 12.0. The molecule has 4 rings (SSSR count). The zero-order valence-electron chi connectivity index (χ0n) is 18.6. The molecule has 0 saturated carbocycles. The zero-order valence-corrected chi connectivity index (χ0v) is 19.4. The van der Waals surface area contributed by atoms with Crippen LogP contribution in [0.3, 0.4) is 0 Å². The zero-order chi connectivity index (χ0) is 23.5. The molecule has 1 aliphatic rings. The fourth-order valence-corrected chi connectivity index (χ4v) is 4.21. The Bertz CT molecular complexity index is 1200. The van der Waals surface area contributed by atoms with Gasteiger partial charge in [0.05, 0.1) is 44.0 Å². The summed E-state index contributed by atoms with van der Waals surface area (Å²) >= 11 is -2.49. The molecule has 33 heavy (non-hydrogen) atoms. The van der Waals surface area contributed by atoms with Gasteiger partial charge in [-0.15, -0.1) is 0 Å². The summed E-state index contributed by atoms with van der Waals surface area (Å²) in [6, 6.07) is 4.06. The molecule has 1 saturated heterocycles. The Labute approximate surface area is 193 Å². The number of amides is 1. The summed E-state index contributed by atoms with van der Waals surface area (Å²) in [5, 5.41) is 0. The van der Waals surface area contributed by atoms with Crippen LogP contribution in [0.15, 0.2) is 24.5 Å². The minimum atomic E-state index is -2.49. The number of anilines is 1. The lowest BCUT2D eigenvalue weighted by atomic mass is 10.1. The molecule has 1 amide bonds. The Hall–Kier alpha value is -3.09. The first-order chi connectivity index (χ1) is 15.9. The van der Waals surface area contributed by atoms with Crippen LogP contribution < -0.4 is 4.72 Å². The van der Waals surface area contributed by atoms with Crippen molar-refractivity contribution in [3.05, 3.63) is 41.5 Å². The number of hydrogen-bond donors (Lipinski definition) is 1. The van der Waals surface area contributed by atoms with Crippen LogP contribution >= 0.6 is 0 Å². The molecule has 4 heterocycles. The fourth-order valence-electron chi connectivity index (χ4n) is 3.94. The summed E-state index contributed by atoms with van der Waals surface area (Å²) in [7, 11) is 1.36. The second-order valence-electron chi connectivity index (χ2n) is 7.66. The summed E-state index contributed by atoms with van der Waals surface area (Å²) in [5.74, 6) is 0.132. The van der Waals surface area contributed by atoms with Crippen LogP contribution in [0.4, 0.5) is 10.6 Å². The highest BCUT2D eigenvalue weighted by Crippen LogP contribution is 2.28. The molecular formula is C21H25N6O5S-. The van der Waals surface area contributed by atoms with E-state index in [1.807, 2.05) is 22.7 Å². The van der Waals surface area contributed by atoms with E-state index in [0.717, 1.165) is 23.3 Å². The number of ether oxygens (including phenoxy) is 2. The van der Waals surface area contributed by atoms with Gasteiger partial charge in [0.15, 0.2) is 5.82 Å². The van der Waals surface area contributed by atoms with Crippen LogP contribution in [0, 0.1) is 6.92 Å². The van der Waals surface area contributed by atoms with Crippen LogP contribution in [0.25, 0.3) is 17.0 Å². The molecule has 3 aromatic heterocycles.